The Morgan fingerprint density at radius 3 is 1.91 bits per heavy atom. The molecule has 0 unspecified atom stereocenters. The van der Waals surface area contributed by atoms with Gasteiger partial charge < -0.3 is 18.9 Å². The third-order valence-electron chi connectivity index (χ3n) is 3.43. The fourth-order valence-corrected chi connectivity index (χ4v) is 2.23. The lowest BCUT2D eigenvalue weighted by atomic mass is 9.98. The second-order valence-electron chi connectivity index (χ2n) is 4.62. The van der Waals surface area contributed by atoms with E-state index in [9.17, 15) is 0 Å². The average molecular weight is 300 g/mol. The van der Waals surface area contributed by atoms with Crippen molar-refractivity contribution in [2.45, 2.75) is 0 Å². The monoisotopic (exact) mass is 300 g/mol. The zero-order valence-electron chi connectivity index (χ0n) is 13.3. The second-order valence-corrected chi connectivity index (χ2v) is 4.62. The molecule has 0 N–H and O–H groups in total. The van der Waals surface area contributed by atoms with E-state index >= 15 is 0 Å². The highest BCUT2D eigenvalue weighted by Crippen LogP contribution is 2.40. The lowest BCUT2D eigenvalue weighted by Gasteiger charge is -2.15. The van der Waals surface area contributed by atoms with Crippen LogP contribution in [-0.4, -0.2) is 28.4 Å². The van der Waals surface area contributed by atoms with Crippen LogP contribution in [0.1, 0.15) is 11.1 Å². The Kier molecular flexibility index (Phi) is 4.94. The smallest absolute Gasteiger partial charge is 0.203 e. The molecule has 0 fully saturated rings. The lowest BCUT2D eigenvalue weighted by molar-refractivity contribution is 0.324. The zero-order valence-corrected chi connectivity index (χ0v) is 13.3. The van der Waals surface area contributed by atoms with Gasteiger partial charge in [0, 0.05) is 0 Å². The summed E-state index contributed by atoms with van der Waals surface area (Å²) in [5.74, 6) is 2.54. The summed E-state index contributed by atoms with van der Waals surface area (Å²) >= 11 is 0. The first-order chi connectivity index (χ1) is 10.6. The molecular weight excluding hydrogens is 280 g/mol. The summed E-state index contributed by atoms with van der Waals surface area (Å²) in [6.07, 6.45) is 0. The molecule has 0 aliphatic rings. The molecule has 4 nitrogen and oxygen atoms in total. The first kappa shape index (κ1) is 15.8. The summed E-state index contributed by atoms with van der Waals surface area (Å²) < 4.78 is 21.4. The summed E-state index contributed by atoms with van der Waals surface area (Å²) in [6, 6.07) is 11.5. The van der Waals surface area contributed by atoms with E-state index < -0.39 is 0 Å². The van der Waals surface area contributed by atoms with Crippen LogP contribution in [0.5, 0.6) is 23.0 Å². The minimum Gasteiger partial charge on any atom is -0.497 e. The molecule has 0 amide bonds. The number of rotatable bonds is 6. The minimum atomic E-state index is 0.562. The van der Waals surface area contributed by atoms with E-state index in [-0.39, 0.29) is 0 Å². The predicted octanol–water partition coefficient (Wildman–Crippen LogP) is 3.78. The molecule has 0 saturated carbocycles. The SMILES string of the molecule is C=C(c1cccc(OC)c1)c1cc(OC)c(OC)c(OC)c1. The molecule has 0 radical (unpaired) electrons. The highest BCUT2D eigenvalue weighted by atomic mass is 16.5. The largest absolute Gasteiger partial charge is 0.497 e. The molecule has 0 aliphatic heterocycles. The fraction of sp³-hybridized carbons (Fsp3) is 0.222. The molecule has 0 aliphatic carbocycles. The topological polar surface area (TPSA) is 36.9 Å². The Labute approximate surface area is 130 Å². The number of ether oxygens (including phenoxy) is 4. The average Bonchev–Trinajstić information content (AvgIpc) is 2.59. The lowest BCUT2D eigenvalue weighted by Crippen LogP contribution is -1.97. The van der Waals surface area contributed by atoms with E-state index in [1.54, 1.807) is 28.4 Å². The Bertz CT molecular complexity index is 652. The Morgan fingerprint density at radius 2 is 1.41 bits per heavy atom. The zero-order chi connectivity index (χ0) is 16.1. The molecular formula is C18H20O4. The second kappa shape index (κ2) is 6.89. The van der Waals surface area contributed by atoms with Gasteiger partial charge in [0.1, 0.15) is 5.75 Å². The molecule has 4 heteroatoms. The van der Waals surface area contributed by atoms with E-state index in [0.29, 0.717) is 17.2 Å². The van der Waals surface area contributed by atoms with Crippen molar-refractivity contribution in [3.63, 3.8) is 0 Å². The normalized spacial score (nSPS) is 10.0. The van der Waals surface area contributed by atoms with Crippen LogP contribution in [0.2, 0.25) is 0 Å². The van der Waals surface area contributed by atoms with Crippen LogP contribution in [0.25, 0.3) is 5.57 Å². The first-order valence-electron chi connectivity index (χ1n) is 6.78. The van der Waals surface area contributed by atoms with Gasteiger partial charge in [0.15, 0.2) is 11.5 Å². The van der Waals surface area contributed by atoms with Crippen LogP contribution in [0.4, 0.5) is 0 Å². The number of benzene rings is 2. The maximum absolute atomic E-state index is 5.38. The van der Waals surface area contributed by atoms with E-state index in [1.807, 2.05) is 36.4 Å². The summed E-state index contributed by atoms with van der Waals surface area (Å²) in [7, 11) is 6.41. The number of hydrogen-bond acceptors (Lipinski definition) is 4. The molecule has 116 valence electrons. The van der Waals surface area contributed by atoms with Gasteiger partial charge in [0.25, 0.3) is 0 Å². The van der Waals surface area contributed by atoms with Crippen molar-refractivity contribution in [3.8, 4) is 23.0 Å². The number of methoxy groups -OCH3 is 4. The molecule has 22 heavy (non-hydrogen) atoms. The Morgan fingerprint density at radius 1 is 0.773 bits per heavy atom. The van der Waals surface area contributed by atoms with Gasteiger partial charge in [-0.25, -0.2) is 0 Å². The van der Waals surface area contributed by atoms with E-state index in [1.165, 1.54) is 0 Å². The fourth-order valence-electron chi connectivity index (χ4n) is 2.23. The van der Waals surface area contributed by atoms with Gasteiger partial charge in [-0.05, 0) is 41.0 Å². The van der Waals surface area contributed by atoms with Crippen LogP contribution >= 0.6 is 0 Å². The van der Waals surface area contributed by atoms with Crippen LogP contribution in [0.15, 0.2) is 43.0 Å². The van der Waals surface area contributed by atoms with Gasteiger partial charge in [-0.2, -0.15) is 0 Å². The van der Waals surface area contributed by atoms with E-state index in [2.05, 4.69) is 6.58 Å². The van der Waals surface area contributed by atoms with Crippen LogP contribution in [0, 0.1) is 0 Å². The van der Waals surface area contributed by atoms with Crippen molar-refractivity contribution in [1.82, 2.24) is 0 Å². The predicted molar refractivity (Wildman–Crippen MR) is 87.2 cm³/mol. The highest BCUT2D eigenvalue weighted by Gasteiger charge is 2.15. The van der Waals surface area contributed by atoms with Crippen molar-refractivity contribution in [3.05, 3.63) is 54.1 Å². The maximum Gasteiger partial charge on any atom is 0.203 e. The number of hydrogen-bond donors (Lipinski definition) is 0. The Balaban J connectivity index is 2.49. The summed E-state index contributed by atoms with van der Waals surface area (Å²) in [5, 5.41) is 0. The standard InChI is InChI=1S/C18H20O4/c1-12(13-7-6-8-15(9-13)19-2)14-10-16(20-3)18(22-5)17(11-14)21-4/h6-11H,1H2,2-5H3. The molecule has 0 atom stereocenters. The van der Waals surface area contributed by atoms with Gasteiger partial charge in [0.05, 0.1) is 28.4 Å². The molecule has 0 spiro atoms. The van der Waals surface area contributed by atoms with Crippen LogP contribution in [-0.2, 0) is 0 Å². The van der Waals surface area contributed by atoms with Crippen LogP contribution < -0.4 is 18.9 Å². The van der Waals surface area contributed by atoms with E-state index in [0.717, 1.165) is 22.4 Å². The highest BCUT2D eigenvalue weighted by molar-refractivity contribution is 5.81. The van der Waals surface area contributed by atoms with Crippen molar-refractivity contribution in [1.29, 1.82) is 0 Å². The van der Waals surface area contributed by atoms with Gasteiger partial charge in [-0.1, -0.05) is 18.7 Å². The summed E-state index contributed by atoms with van der Waals surface area (Å²) in [5.41, 5.74) is 2.70. The maximum atomic E-state index is 5.38. The van der Waals surface area contributed by atoms with Gasteiger partial charge in [0.2, 0.25) is 5.75 Å². The Hall–Kier alpha value is -2.62. The molecule has 0 bridgehead atoms. The molecule has 2 aromatic carbocycles. The summed E-state index contributed by atoms with van der Waals surface area (Å²) in [6.45, 7) is 4.17. The molecule has 0 aromatic heterocycles. The minimum absolute atomic E-state index is 0.562. The molecule has 2 aromatic rings. The molecule has 2 rings (SSSR count). The van der Waals surface area contributed by atoms with Gasteiger partial charge in [-0.3, -0.25) is 0 Å². The first-order valence-corrected chi connectivity index (χ1v) is 6.78. The van der Waals surface area contributed by atoms with Crippen molar-refractivity contribution in [2.75, 3.05) is 28.4 Å². The molecule has 0 saturated heterocycles. The van der Waals surface area contributed by atoms with Crippen molar-refractivity contribution >= 4 is 5.57 Å². The van der Waals surface area contributed by atoms with Crippen molar-refractivity contribution < 1.29 is 18.9 Å². The van der Waals surface area contributed by atoms with E-state index in [4.69, 9.17) is 18.9 Å². The summed E-state index contributed by atoms with van der Waals surface area (Å²) in [4.78, 5) is 0. The van der Waals surface area contributed by atoms with Crippen LogP contribution in [0.3, 0.4) is 0 Å². The van der Waals surface area contributed by atoms with Gasteiger partial charge in [-0.15, -0.1) is 0 Å². The van der Waals surface area contributed by atoms with Gasteiger partial charge >= 0.3 is 0 Å². The third-order valence-corrected chi connectivity index (χ3v) is 3.43. The molecule has 0 heterocycles. The quantitative estimate of drug-likeness (QED) is 0.813. The van der Waals surface area contributed by atoms with Crippen molar-refractivity contribution in [2.24, 2.45) is 0 Å². The third kappa shape index (κ3) is 3.01.